The van der Waals surface area contributed by atoms with E-state index in [9.17, 15) is 0 Å². The van der Waals surface area contributed by atoms with E-state index in [-0.39, 0.29) is 0 Å². The first kappa shape index (κ1) is 34.7. The Morgan fingerprint density at radius 1 is 0.450 bits per heavy atom. The van der Waals surface area contributed by atoms with Crippen LogP contribution >= 0.6 is 16.1 Å². The molecule has 0 saturated carbocycles. The predicted octanol–water partition coefficient (Wildman–Crippen LogP) is 5.19. The van der Waals surface area contributed by atoms with Gasteiger partial charge in [0.1, 0.15) is 0 Å². The van der Waals surface area contributed by atoms with Gasteiger partial charge in [-0.2, -0.15) is 0 Å². The van der Waals surface area contributed by atoms with Crippen LogP contribution in [-0.4, -0.2) is 84.9 Å². The van der Waals surface area contributed by atoms with Crippen molar-refractivity contribution in [2.45, 2.75) is 133 Å². The van der Waals surface area contributed by atoms with E-state index in [2.05, 4.69) is 114 Å². The Kier molecular flexibility index (Phi) is 14.7. The fraction of sp³-hybridized carbons (Fsp3) is 0.800. The molecule has 40 heavy (non-hydrogen) atoms. The Labute approximate surface area is 263 Å². The van der Waals surface area contributed by atoms with Crippen molar-refractivity contribution in [1.29, 1.82) is 0 Å². The van der Waals surface area contributed by atoms with Crippen LogP contribution in [0, 0.1) is 8.65 Å². The van der Waals surface area contributed by atoms with Gasteiger partial charge >= 0.3 is 264 Å². The molecule has 2 aromatic rings. The molecular weight excluding hydrogens is 664 g/mol. The van der Waals surface area contributed by atoms with Crippen LogP contribution in [0.1, 0.15) is 107 Å². The van der Waals surface area contributed by atoms with Gasteiger partial charge in [0.25, 0.3) is 0 Å². The molecule has 0 unspecified atom stereocenters. The molecule has 0 atom stereocenters. The van der Waals surface area contributed by atoms with Gasteiger partial charge < -0.3 is 0 Å². The van der Waals surface area contributed by atoms with Crippen LogP contribution in [0.2, 0.25) is 0 Å². The van der Waals surface area contributed by atoms with Gasteiger partial charge in [0.15, 0.2) is 0 Å². The summed E-state index contributed by atoms with van der Waals surface area (Å²) in [5.41, 5.74) is 6.56. The minimum atomic E-state index is -0.657. The quantitative estimate of drug-likeness (QED) is 0.157. The van der Waals surface area contributed by atoms with Crippen molar-refractivity contribution in [3.05, 3.63) is 8.65 Å². The number of rotatable bonds is 18. The Bertz CT molecular complexity index is 1020. The molecule has 2 aromatic heterocycles. The molecule has 1 aliphatic heterocycles. The fourth-order valence-corrected chi connectivity index (χ4v) is 14.6. The van der Waals surface area contributed by atoms with E-state index in [4.69, 9.17) is 0 Å². The van der Waals surface area contributed by atoms with Crippen molar-refractivity contribution in [1.82, 2.24) is 27.6 Å². The zero-order valence-electron chi connectivity index (χ0n) is 26.7. The molecule has 0 fully saturated rings. The summed E-state index contributed by atoms with van der Waals surface area (Å²) in [5.74, 6) is 0. The SMILES string of the molecule is CCCCn1c2c(n(CCCC)c1=[Se])P(N(CC)CC)c1c(n(CCCC)c(=[Se])n1CCCC)P2N(CC)CC. The van der Waals surface area contributed by atoms with Gasteiger partial charge in [0.2, 0.25) is 0 Å². The molecule has 1 aliphatic rings. The van der Waals surface area contributed by atoms with E-state index in [0.29, 0.717) is 0 Å². The van der Waals surface area contributed by atoms with Crippen molar-refractivity contribution in [3.8, 4) is 0 Å². The Morgan fingerprint density at radius 2 is 0.675 bits per heavy atom. The van der Waals surface area contributed by atoms with Crippen molar-refractivity contribution in [2.75, 3.05) is 26.2 Å². The molecule has 0 amide bonds. The van der Waals surface area contributed by atoms with Gasteiger partial charge in [-0.3, -0.25) is 0 Å². The normalized spacial score (nSPS) is 16.8. The molecule has 0 N–H and O–H groups in total. The van der Waals surface area contributed by atoms with Gasteiger partial charge in [-0.25, -0.2) is 0 Å². The first-order chi connectivity index (χ1) is 19.4. The minimum absolute atomic E-state index is 0.657. The monoisotopic (exact) mass is 722 g/mol. The van der Waals surface area contributed by atoms with Gasteiger partial charge in [-0.05, 0) is 0 Å². The van der Waals surface area contributed by atoms with Gasteiger partial charge in [0, 0.05) is 0 Å². The van der Waals surface area contributed by atoms with Gasteiger partial charge in [-0.1, -0.05) is 0 Å². The number of aromatic nitrogens is 4. The number of imidazole rings is 2. The van der Waals surface area contributed by atoms with Crippen LogP contribution in [0.25, 0.3) is 0 Å². The molecule has 0 saturated heterocycles. The summed E-state index contributed by atoms with van der Waals surface area (Å²) < 4.78 is 19.3. The second-order valence-electron chi connectivity index (χ2n) is 10.8. The number of hydrogen-bond acceptors (Lipinski definition) is 2. The van der Waals surface area contributed by atoms with Crippen LogP contribution in [-0.2, 0) is 26.2 Å². The average molecular weight is 721 g/mol. The zero-order chi connectivity index (χ0) is 29.4. The third-order valence-electron chi connectivity index (χ3n) is 8.12. The number of nitrogens with zero attached hydrogens (tertiary/aromatic N) is 6. The number of hydrogen-bond donors (Lipinski definition) is 0. The maximum atomic E-state index is 3.62. The summed E-state index contributed by atoms with van der Waals surface area (Å²) in [6.07, 6.45) is 9.78. The molecule has 0 bridgehead atoms. The van der Waals surface area contributed by atoms with E-state index >= 15 is 0 Å². The van der Waals surface area contributed by atoms with Gasteiger partial charge in [0.05, 0.1) is 0 Å². The molecule has 0 radical (unpaired) electrons. The van der Waals surface area contributed by atoms with Crippen LogP contribution in [0.5, 0.6) is 0 Å². The Balaban J connectivity index is 2.55. The third-order valence-corrected chi connectivity index (χ3v) is 16.0. The number of unbranched alkanes of at least 4 members (excludes halogenated alkanes) is 4. The Morgan fingerprint density at radius 3 is 0.850 bits per heavy atom. The third kappa shape index (κ3) is 6.81. The first-order valence-corrected chi connectivity index (χ1v) is 20.5. The summed E-state index contributed by atoms with van der Waals surface area (Å²) in [7, 11) is -1.31. The zero-order valence-corrected chi connectivity index (χ0v) is 31.9. The average Bonchev–Trinajstić information content (AvgIpc) is 3.39. The summed E-state index contributed by atoms with van der Waals surface area (Å²) in [6, 6.07) is 0. The van der Waals surface area contributed by atoms with E-state index < -0.39 is 16.1 Å². The molecule has 3 heterocycles. The molecular formula is C30H56N6P2Se2. The summed E-state index contributed by atoms with van der Waals surface area (Å²) in [6.45, 7) is 27.6. The molecule has 10 heteroatoms. The second-order valence-corrected chi connectivity index (χ2v) is 16.4. The topological polar surface area (TPSA) is 26.2 Å². The molecule has 3 rings (SSSR count). The van der Waals surface area contributed by atoms with Gasteiger partial charge in [-0.15, -0.1) is 0 Å². The maximum absolute atomic E-state index is 3.62. The predicted molar refractivity (Wildman–Crippen MR) is 181 cm³/mol. The Hall–Kier alpha value is 0.239. The standard InChI is InChI=1S/C30H56N6P2Se2/c1-9-17-21-33-25-26(34(29(33)39)22-18-10-2)38(32(15-7)16-8)28-27(37(25)31(13-5)14-6)35(23-19-11-3)30(40)36(28)24-20-12-4/h9-24H2,1-8H3. The van der Waals surface area contributed by atoms with Crippen molar-refractivity contribution in [2.24, 2.45) is 0 Å². The second kappa shape index (κ2) is 16.9. The summed E-state index contributed by atoms with van der Waals surface area (Å²) >= 11 is 7.25. The number of fused-ring (bicyclic) bond motifs is 2. The molecule has 6 nitrogen and oxygen atoms in total. The van der Waals surface area contributed by atoms with Crippen molar-refractivity contribution in [3.63, 3.8) is 0 Å². The van der Waals surface area contributed by atoms with E-state index in [1.807, 2.05) is 0 Å². The summed E-state index contributed by atoms with van der Waals surface area (Å²) in [4.78, 5) is 0. The molecule has 0 spiro atoms. The summed E-state index contributed by atoms with van der Waals surface area (Å²) in [5, 5.41) is 0. The van der Waals surface area contributed by atoms with Crippen LogP contribution < -0.4 is 21.7 Å². The van der Waals surface area contributed by atoms with Crippen LogP contribution in [0.3, 0.4) is 0 Å². The van der Waals surface area contributed by atoms with E-state index in [1.54, 1.807) is 21.7 Å². The first-order valence-electron chi connectivity index (χ1n) is 16.2. The van der Waals surface area contributed by atoms with Crippen molar-refractivity contribution < 1.29 is 0 Å². The fourth-order valence-electron chi connectivity index (χ4n) is 5.79. The van der Waals surface area contributed by atoms with E-state index in [1.165, 1.54) is 60.0 Å². The van der Waals surface area contributed by atoms with Crippen molar-refractivity contribution >= 4 is 69.0 Å². The van der Waals surface area contributed by atoms with Crippen LogP contribution in [0.15, 0.2) is 0 Å². The molecule has 0 aliphatic carbocycles. The molecule has 228 valence electrons. The van der Waals surface area contributed by atoms with E-state index in [0.717, 1.165) is 52.4 Å². The van der Waals surface area contributed by atoms with Crippen LogP contribution in [0.4, 0.5) is 0 Å². The molecule has 0 aromatic carbocycles.